The number of hydrogen-bond donors (Lipinski definition) is 0. The predicted molar refractivity (Wildman–Crippen MR) is 30.1 cm³/mol. The van der Waals surface area contributed by atoms with Gasteiger partial charge in [-0.25, -0.2) is 13.2 Å². The lowest BCUT2D eigenvalue weighted by Crippen LogP contribution is -2.29. The Labute approximate surface area is 49.5 Å². The molecule has 0 aliphatic heterocycles. The molecule has 0 N–H and O–H groups in total. The zero-order valence-corrected chi connectivity index (χ0v) is 6.92. The minimum Gasteiger partial charge on any atom is -0.241 e. The molecule has 0 saturated carbocycles. The van der Waals surface area contributed by atoms with E-state index in [0.717, 1.165) is 0 Å². The van der Waals surface area contributed by atoms with E-state index in [1.54, 1.807) is 0 Å². The molecule has 0 rings (SSSR count). The Morgan fingerprint density at radius 1 is 1.62 bits per heavy atom. The molecular weight excluding hydrogens is 133 g/mol. The highest BCUT2D eigenvalue weighted by Crippen LogP contribution is 2.18. The Kier molecular flexibility index (Phi) is 2.53. The third-order valence-electron chi connectivity index (χ3n) is 0.908. The van der Waals surface area contributed by atoms with E-state index >= 15 is 0 Å². The van der Waals surface area contributed by atoms with Crippen LogP contribution in [0.15, 0.2) is 0 Å². The van der Waals surface area contributed by atoms with Crippen LogP contribution < -0.4 is 0 Å². The molecule has 1 unspecified atom stereocenters. The first kappa shape index (κ1) is 8.01. The molecule has 0 amide bonds. The van der Waals surface area contributed by atoms with Crippen LogP contribution in [0.25, 0.3) is 0 Å². The average molecular weight is 142 g/mol. The van der Waals surface area contributed by atoms with Crippen molar-refractivity contribution in [2.75, 3.05) is 0 Å². The number of alkyl halides is 3. The van der Waals surface area contributed by atoms with Crippen molar-refractivity contribution in [3.63, 3.8) is 0 Å². The quantitative estimate of drug-likeness (QED) is 0.498. The van der Waals surface area contributed by atoms with Crippen molar-refractivity contribution in [2.24, 2.45) is 0 Å². The summed E-state index contributed by atoms with van der Waals surface area (Å²) in [5.41, 5.74) is -3.02. The molecule has 1 atom stereocenters. The lowest BCUT2D eigenvalue weighted by Gasteiger charge is -2.12. The summed E-state index contributed by atoms with van der Waals surface area (Å²) in [6.07, 6.45) is -2.01. The lowest BCUT2D eigenvalue weighted by molar-refractivity contribution is 0.00448. The second-order valence-electron chi connectivity index (χ2n) is 1.83. The molecule has 0 heterocycles. The van der Waals surface area contributed by atoms with Gasteiger partial charge in [0.2, 0.25) is 5.55 Å². The second kappa shape index (κ2) is 2.52. The van der Waals surface area contributed by atoms with Gasteiger partial charge in [0.15, 0.2) is 6.17 Å². The Bertz CT molecular complexity index is 68.2. The predicted octanol–water partition coefficient (Wildman–Crippen LogP) is 0.693. The van der Waals surface area contributed by atoms with Crippen LogP contribution in [-0.2, 0) is 0 Å². The van der Waals surface area contributed by atoms with E-state index in [0.29, 0.717) is 0 Å². The highest BCUT2D eigenvalue weighted by molar-refractivity contribution is 6.13. The molecule has 50 valence electrons. The fourth-order valence-electron chi connectivity index (χ4n) is 0.358. The van der Waals surface area contributed by atoms with E-state index in [9.17, 15) is 13.2 Å². The summed E-state index contributed by atoms with van der Waals surface area (Å²) in [4.78, 5) is 0. The molecule has 0 spiro atoms. The van der Waals surface area contributed by atoms with Crippen LogP contribution >= 0.6 is 0 Å². The molecule has 0 nitrogen and oxygen atoms in total. The Morgan fingerprint density at radius 3 is 2.00 bits per heavy atom. The van der Waals surface area contributed by atoms with Crippen LogP contribution in [0.3, 0.4) is 0 Å². The summed E-state index contributed by atoms with van der Waals surface area (Å²) >= 11 is 0. The molecule has 0 aliphatic carbocycles. The van der Waals surface area contributed by atoms with Gasteiger partial charge in [-0.2, -0.15) is 0 Å². The van der Waals surface area contributed by atoms with Crippen molar-refractivity contribution >= 4 is 10.2 Å². The van der Waals surface area contributed by atoms with Crippen molar-refractivity contribution in [1.29, 1.82) is 0 Å². The summed E-state index contributed by atoms with van der Waals surface area (Å²) in [5.74, 6) is 0. The summed E-state index contributed by atoms with van der Waals surface area (Å²) < 4.78 is 35.5. The van der Waals surface area contributed by atoms with Crippen molar-refractivity contribution < 1.29 is 13.2 Å². The largest absolute Gasteiger partial charge is 0.249 e. The first-order valence-corrected chi connectivity index (χ1v) is 3.50. The molecule has 0 aromatic carbocycles. The van der Waals surface area contributed by atoms with Crippen molar-refractivity contribution in [2.45, 2.75) is 25.1 Å². The SMILES string of the molecule is CCC(F)C(F)(F)[SiH3]. The maximum atomic E-state index is 11.9. The first-order valence-electron chi connectivity index (χ1n) is 2.50. The third-order valence-corrected chi connectivity index (χ3v) is 1.53. The zero-order valence-electron chi connectivity index (χ0n) is 4.92. The summed E-state index contributed by atoms with van der Waals surface area (Å²) in [5, 5.41) is 0. The van der Waals surface area contributed by atoms with Gasteiger partial charge < -0.3 is 0 Å². The van der Waals surface area contributed by atoms with Crippen LogP contribution in [0, 0.1) is 0 Å². The molecule has 0 aromatic heterocycles. The fraction of sp³-hybridized carbons (Fsp3) is 1.00. The molecule has 0 saturated heterocycles. The maximum Gasteiger partial charge on any atom is 0.249 e. The van der Waals surface area contributed by atoms with Crippen LogP contribution in [0.1, 0.15) is 13.3 Å². The topological polar surface area (TPSA) is 0 Å². The molecule has 0 bridgehead atoms. The Balaban J connectivity index is 3.62. The molecule has 0 fully saturated rings. The van der Waals surface area contributed by atoms with E-state index in [1.165, 1.54) is 6.92 Å². The van der Waals surface area contributed by atoms with Gasteiger partial charge in [-0.3, -0.25) is 0 Å². The van der Waals surface area contributed by atoms with E-state index in [2.05, 4.69) is 0 Å². The number of hydrogen-bond acceptors (Lipinski definition) is 0. The summed E-state index contributed by atoms with van der Waals surface area (Å²) in [7, 11) is -0.387. The van der Waals surface area contributed by atoms with Gasteiger partial charge >= 0.3 is 0 Å². The van der Waals surface area contributed by atoms with E-state index in [-0.39, 0.29) is 16.7 Å². The van der Waals surface area contributed by atoms with Crippen LogP contribution in [0.5, 0.6) is 0 Å². The van der Waals surface area contributed by atoms with E-state index in [1.807, 2.05) is 0 Å². The standard InChI is InChI=1S/C4H9F3Si/c1-2-3(5)4(6,7)8/h3H,2H2,1,8H3. The molecule has 0 aromatic rings. The monoisotopic (exact) mass is 142 g/mol. The third kappa shape index (κ3) is 2.35. The lowest BCUT2D eigenvalue weighted by atomic mass is 10.3. The van der Waals surface area contributed by atoms with Gasteiger partial charge in [-0.05, 0) is 6.42 Å². The Hall–Kier alpha value is 0.00688. The van der Waals surface area contributed by atoms with Crippen LogP contribution in [0.4, 0.5) is 13.2 Å². The van der Waals surface area contributed by atoms with E-state index < -0.39 is 11.7 Å². The summed E-state index contributed by atoms with van der Waals surface area (Å²) in [6, 6.07) is 0. The second-order valence-corrected chi connectivity index (χ2v) is 3.17. The summed E-state index contributed by atoms with van der Waals surface area (Å²) in [6.45, 7) is 1.41. The van der Waals surface area contributed by atoms with Gasteiger partial charge in [0.25, 0.3) is 0 Å². The minimum absolute atomic E-state index is 0.0868. The smallest absolute Gasteiger partial charge is 0.241 e. The van der Waals surface area contributed by atoms with E-state index in [4.69, 9.17) is 0 Å². The number of rotatable bonds is 2. The van der Waals surface area contributed by atoms with Gasteiger partial charge in [0.05, 0.1) is 10.2 Å². The number of halogens is 3. The average Bonchev–Trinajstić information content (AvgIpc) is 1.62. The van der Waals surface area contributed by atoms with Crippen LogP contribution in [0.2, 0.25) is 0 Å². The maximum absolute atomic E-state index is 11.9. The fourth-order valence-corrected chi connectivity index (χ4v) is 0.767. The van der Waals surface area contributed by atoms with Crippen molar-refractivity contribution in [3.05, 3.63) is 0 Å². The zero-order chi connectivity index (χ0) is 6.78. The minimum atomic E-state index is -3.02. The molecular formula is C4H9F3Si. The van der Waals surface area contributed by atoms with Crippen molar-refractivity contribution in [1.82, 2.24) is 0 Å². The molecule has 8 heavy (non-hydrogen) atoms. The molecule has 0 radical (unpaired) electrons. The highest BCUT2D eigenvalue weighted by Gasteiger charge is 2.31. The van der Waals surface area contributed by atoms with Crippen molar-refractivity contribution in [3.8, 4) is 0 Å². The molecule has 4 heteroatoms. The molecule has 0 aliphatic rings. The Morgan fingerprint density at radius 2 is 2.00 bits per heavy atom. The van der Waals surface area contributed by atoms with Gasteiger partial charge in [-0.15, -0.1) is 0 Å². The van der Waals surface area contributed by atoms with Gasteiger partial charge in [0.1, 0.15) is 0 Å². The van der Waals surface area contributed by atoms with Gasteiger partial charge in [0, 0.05) is 0 Å². The first-order chi connectivity index (χ1) is 3.48. The van der Waals surface area contributed by atoms with Gasteiger partial charge in [-0.1, -0.05) is 6.92 Å². The highest BCUT2D eigenvalue weighted by atomic mass is 28.1. The normalized spacial score (nSPS) is 16.5. The van der Waals surface area contributed by atoms with Crippen LogP contribution in [-0.4, -0.2) is 22.0 Å².